The zero-order chi connectivity index (χ0) is 15.9. The van der Waals surface area contributed by atoms with E-state index in [0.29, 0.717) is 5.69 Å². The molecule has 0 aliphatic carbocycles. The summed E-state index contributed by atoms with van der Waals surface area (Å²) in [6.45, 7) is 1.31. The van der Waals surface area contributed by atoms with E-state index in [0.717, 1.165) is 17.3 Å². The van der Waals surface area contributed by atoms with Crippen LogP contribution in [0.2, 0.25) is 0 Å². The Morgan fingerprint density at radius 1 is 1.35 bits per heavy atom. The fourth-order valence-corrected chi connectivity index (χ4v) is 2.12. The van der Waals surface area contributed by atoms with Gasteiger partial charge in [-0.25, -0.2) is 4.39 Å². The summed E-state index contributed by atoms with van der Waals surface area (Å²) in [6.07, 6.45) is -0.368. The molecule has 1 N–H and O–H groups in total. The first kappa shape index (κ1) is 19.2. The second-order valence-corrected chi connectivity index (χ2v) is 5.04. The maximum Gasteiger partial charge on any atom is 0.155 e. The largest absolute Gasteiger partial charge is 0.512 e. The first-order chi connectivity index (χ1) is 10.5. The third-order valence-corrected chi connectivity index (χ3v) is 3.02. The predicted octanol–water partition coefficient (Wildman–Crippen LogP) is 3.85. The number of hydrogen-bond acceptors (Lipinski definition) is 3. The van der Waals surface area contributed by atoms with Crippen LogP contribution >= 0.6 is 0 Å². The number of halogens is 1. The normalized spacial score (nSPS) is 12.3. The summed E-state index contributed by atoms with van der Waals surface area (Å²) in [4.78, 5) is 15.2. The quantitative estimate of drug-likeness (QED) is 0.380. The van der Waals surface area contributed by atoms with Crippen molar-refractivity contribution in [2.24, 2.45) is 0 Å². The number of rotatable bonds is 6. The Hall–Kier alpha value is -1.84. The molecule has 1 aromatic carbocycles. The van der Waals surface area contributed by atoms with Crippen molar-refractivity contribution in [2.45, 2.75) is 25.9 Å². The van der Waals surface area contributed by atoms with Gasteiger partial charge in [-0.1, -0.05) is 12.1 Å². The number of aromatic nitrogens is 1. The van der Waals surface area contributed by atoms with Crippen LogP contribution in [0.4, 0.5) is 4.39 Å². The monoisotopic (exact) mass is 491 g/mol. The van der Waals surface area contributed by atoms with E-state index in [4.69, 9.17) is 0 Å². The van der Waals surface area contributed by atoms with Crippen LogP contribution in [0.25, 0.3) is 11.3 Å². The standard InChI is InChI=1S/C18H17FNO2.Ir/c1-13(21)10-17(22)12-15(19)11-16-8-5-9-18(20-16)14-6-3-2-4-7-14;/h2-6,8-10,15,22H,11-12H2,1H3;/q-1;. The third kappa shape index (κ3) is 6.43. The molecule has 1 aromatic heterocycles. The summed E-state index contributed by atoms with van der Waals surface area (Å²) in [5.41, 5.74) is 2.17. The van der Waals surface area contributed by atoms with Crippen molar-refractivity contribution in [2.75, 3.05) is 0 Å². The van der Waals surface area contributed by atoms with Crippen LogP contribution in [0.5, 0.6) is 0 Å². The maximum atomic E-state index is 14.0. The van der Waals surface area contributed by atoms with Crippen molar-refractivity contribution >= 4 is 5.78 Å². The van der Waals surface area contributed by atoms with Crippen LogP contribution in [-0.4, -0.2) is 22.0 Å². The average Bonchev–Trinajstić information content (AvgIpc) is 2.47. The number of aliphatic hydroxyl groups is 1. The molecular weight excluding hydrogens is 473 g/mol. The molecular formula is C18H17FIrNO2-. The number of pyridine rings is 1. The number of hydrogen-bond donors (Lipinski definition) is 1. The fourth-order valence-electron chi connectivity index (χ4n) is 2.12. The number of carbonyl (C=O) groups excluding carboxylic acids is 1. The smallest absolute Gasteiger partial charge is 0.155 e. The molecule has 1 heterocycles. The summed E-state index contributed by atoms with van der Waals surface area (Å²) in [5, 5.41) is 9.48. The molecule has 0 amide bonds. The minimum absolute atomic E-state index is 0. The van der Waals surface area contributed by atoms with Crippen LogP contribution in [0.15, 0.2) is 54.3 Å². The minimum Gasteiger partial charge on any atom is -0.512 e. The molecule has 2 rings (SSSR count). The molecule has 0 bridgehead atoms. The molecule has 3 nitrogen and oxygen atoms in total. The van der Waals surface area contributed by atoms with Crippen molar-refractivity contribution < 1.29 is 34.4 Å². The van der Waals surface area contributed by atoms with E-state index < -0.39 is 6.17 Å². The second kappa shape index (κ2) is 9.33. The van der Waals surface area contributed by atoms with Gasteiger partial charge < -0.3 is 10.1 Å². The van der Waals surface area contributed by atoms with Crippen LogP contribution in [0.1, 0.15) is 19.0 Å². The molecule has 123 valence electrons. The van der Waals surface area contributed by atoms with E-state index >= 15 is 0 Å². The van der Waals surface area contributed by atoms with Crippen molar-refractivity contribution in [1.82, 2.24) is 4.98 Å². The first-order valence-electron chi connectivity index (χ1n) is 7.02. The van der Waals surface area contributed by atoms with Gasteiger partial charge in [0.2, 0.25) is 0 Å². The average molecular weight is 491 g/mol. The van der Waals surface area contributed by atoms with Crippen molar-refractivity contribution in [1.29, 1.82) is 0 Å². The third-order valence-electron chi connectivity index (χ3n) is 3.02. The van der Waals surface area contributed by atoms with Gasteiger partial charge in [0.15, 0.2) is 5.78 Å². The molecule has 0 aliphatic heterocycles. The molecule has 1 radical (unpaired) electrons. The number of ketones is 1. The molecule has 0 fully saturated rings. The molecule has 0 saturated carbocycles. The van der Waals surface area contributed by atoms with Gasteiger partial charge in [-0.15, -0.1) is 35.9 Å². The van der Waals surface area contributed by atoms with Crippen molar-refractivity contribution in [3.63, 3.8) is 0 Å². The molecule has 0 spiro atoms. The number of benzene rings is 1. The first-order valence-corrected chi connectivity index (χ1v) is 7.02. The molecule has 1 unspecified atom stereocenters. The Morgan fingerprint density at radius 3 is 2.78 bits per heavy atom. The number of alkyl halides is 1. The Balaban J connectivity index is 0.00000264. The van der Waals surface area contributed by atoms with E-state index in [-0.39, 0.29) is 44.5 Å². The Kier molecular flexibility index (Phi) is 7.79. The topological polar surface area (TPSA) is 50.2 Å². The van der Waals surface area contributed by atoms with E-state index in [1.54, 1.807) is 12.1 Å². The molecule has 1 atom stereocenters. The molecule has 2 aromatic rings. The molecule has 23 heavy (non-hydrogen) atoms. The number of carbonyl (C=O) groups is 1. The zero-order valence-corrected chi connectivity index (χ0v) is 15.0. The molecule has 0 saturated heterocycles. The summed E-state index contributed by atoms with van der Waals surface area (Å²) in [5.74, 6) is -0.544. The Labute approximate surface area is 148 Å². The van der Waals surface area contributed by atoms with Crippen molar-refractivity contribution in [3.05, 3.63) is 66.1 Å². The summed E-state index contributed by atoms with van der Waals surface area (Å²) in [6, 6.07) is 15.9. The van der Waals surface area contributed by atoms with Gasteiger partial charge >= 0.3 is 0 Å². The van der Waals surface area contributed by atoms with Gasteiger partial charge in [0, 0.05) is 44.7 Å². The Morgan fingerprint density at radius 2 is 2.13 bits per heavy atom. The summed E-state index contributed by atoms with van der Waals surface area (Å²) < 4.78 is 14.0. The van der Waals surface area contributed by atoms with Gasteiger partial charge in [0.05, 0.1) is 5.76 Å². The fraction of sp³-hybridized carbons (Fsp3) is 0.222. The Bertz CT molecular complexity index is 674. The van der Waals surface area contributed by atoms with Crippen LogP contribution in [-0.2, 0) is 31.3 Å². The van der Waals surface area contributed by atoms with E-state index in [1.165, 1.54) is 6.92 Å². The maximum absolute atomic E-state index is 14.0. The predicted molar refractivity (Wildman–Crippen MR) is 83.1 cm³/mol. The van der Waals surface area contributed by atoms with Crippen molar-refractivity contribution in [3.8, 4) is 11.3 Å². The summed E-state index contributed by atoms with van der Waals surface area (Å²) in [7, 11) is 0. The SMILES string of the molecule is CC(=O)C=C(O)CC(F)Cc1cccc(-c2[c-]cccc2)n1.[Ir]. The van der Waals surface area contributed by atoms with Gasteiger partial charge in [-0.3, -0.25) is 4.79 Å². The summed E-state index contributed by atoms with van der Waals surface area (Å²) >= 11 is 0. The zero-order valence-electron chi connectivity index (χ0n) is 12.6. The number of allylic oxidation sites excluding steroid dienone is 2. The van der Waals surface area contributed by atoms with E-state index in [2.05, 4.69) is 11.1 Å². The molecule has 0 aliphatic rings. The number of nitrogens with zero attached hydrogens (tertiary/aromatic N) is 1. The van der Waals surface area contributed by atoms with E-state index in [1.807, 2.05) is 30.3 Å². The van der Waals surface area contributed by atoms with Crippen LogP contribution in [0, 0.1) is 6.07 Å². The van der Waals surface area contributed by atoms with Crippen LogP contribution in [0.3, 0.4) is 0 Å². The van der Waals surface area contributed by atoms with Gasteiger partial charge in [-0.2, -0.15) is 0 Å². The minimum atomic E-state index is -1.29. The van der Waals surface area contributed by atoms with Gasteiger partial charge in [0.1, 0.15) is 6.17 Å². The van der Waals surface area contributed by atoms with Gasteiger partial charge in [-0.05, 0) is 18.7 Å². The van der Waals surface area contributed by atoms with Crippen LogP contribution < -0.4 is 0 Å². The van der Waals surface area contributed by atoms with E-state index in [9.17, 15) is 14.3 Å². The molecule has 5 heteroatoms. The number of aliphatic hydroxyl groups excluding tert-OH is 1. The van der Waals surface area contributed by atoms with Gasteiger partial charge in [0.25, 0.3) is 0 Å². The second-order valence-electron chi connectivity index (χ2n) is 5.04.